The third-order valence-corrected chi connectivity index (χ3v) is 6.53. The van der Waals surface area contributed by atoms with Crippen LogP contribution in [0.2, 0.25) is 0 Å². The molecule has 1 saturated heterocycles. The van der Waals surface area contributed by atoms with E-state index >= 15 is 0 Å². The Hall–Kier alpha value is -1.44. The molecule has 2 N–H and O–H groups in total. The number of likely N-dealkylation sites (tertiary alicyclic amines) is 1. The lowest BCUT2D eigenvalue weighted by molar-refractivity contribution is 0.0797. The second kappa shape index (κ2) is 8.29. The number of nitrogens with one attached hydrogen (secondary N) is 2. The van der Waals surface area contributed by atoms with Crippen LogP contribution >= 0.6 is 0 Å². The van der Waals surface area contributed by atoms with E-state index < -0.39 is 15.6 Å². The third-order valence-electron chi connectivity index (χ3n) is 4.76. The van der Waals surface area contributed by atoms with Gasteiger partial charge in [-0.2, -0.15) is 0 Å². The predicted molar refractivity (Wildman–Crippen MR) is 108 cm³/mol. The van der Waals surface area contributed by atoms with Crippen molar-refractivity contribution in [1.29, 1.82) is 0 Å². The van der Waals surface area contributed by atoms with Crippen LogP contribution in [0.15, 0.2) is 29.2 Å². The number of carbonyl (C=O) groups excluding carboxylic acids is 1. The number of amides is 1. The Kier molecular flexibility index (Phi) is 6.71. The van der Waals surface area contributed by atoms with Crippen molar-refractivity contribution >= 4 is 15.9 Å². The van der Waals surface area contributed by atoms with Gasteiger partial charge in [0, 0.05) is 23.2 Å². The Bertz CT molecular complexity index is 744. The zero-order chi connectivity index (χ0) is 20.3. The van der Waals surface area contributed by atoms with Gasteiger partial charge in [-0.25, -0.2) is 13.1 Å². The van der Waals surface area contributed by atoms with E-state index in [1.54, 1.807) is 32.9 Å². The first-order valence-corrected chi connectivity index (χ1v) is 11.1. The van der Waals surface area contributed by atoms with Gasteiger partial charge < -0.3 is 5.32 Å². The highest BCUT2D eigenvalue weighted by molar-refractivity contribution is 7.89. The van der Waals surface area contributed by atoms with Crippen molar-refractivity contribution in [2.24, 2.45) is 0 Å². The summed E-state index contributed by atoms with van der Waals surface area (Å²) < 4.78 is 27.3. The fourth-order valence-corrected chi connectivity index (χ4v) is 4.68. The number of sulfonamides is 1. The number of benzene rings is 1. The quantitative estimate of drug-likeness (QED) is 0.776. The molecule has 0 radical (unpaired) electrons. The van der Waals surface area contributed by atoms with Crippen LogP contribution in [0.4, 0.5) is 0 Å². The molecule has 27 heavy (non-hydrogen) atoms. The van der Waals surface area contributed by atoms with Gasteiger partial charge in [0.05, 0.1) is 4.90 Å². The van der Waals surface area contributed by atoms with E-state index in [2.05, 4.69) is 28.8 Å². The van der Waals surface area contributed by atoms with Crippen LogP contribution in [-0.2, 0) is 10.0 Å². The molecule has 0 saturated carbocycles. The largest absolute Gasteiger partial charge is 0.350 e. The Balaban J connectivity index is 1.99. The molecular formula is C20H33N3O3S. The average Bonchev–Trinajstić information content (AvgIpc) is 2.58. The minimum atomic E-state index is -3.60. The molecule has 6 nitrogen and oxygen atoms in total. The van der Waals surface area contributed by atoms with Gasteiger partial charge in [0.2, 0.25) is 10.0 Å². The van der Waals surface area contributed by atoms with E-state index in [4.69, 9.17) is 0 Å². The molecule has 0 spiro atoms. The Labute approximate surface area is 163 Å². The predicted octanol–water partition coefficient (Wildman–Crippen LogP) is 2.76. The first-order chi connectivity index (χ1) is 12.4. The van der Waals surface area contributed by atoms with Crippen LogP contribution in [0, 0.1) is 0 Å². The molecule has 1 fully saturated rings. The summed E-state index contributed by atoms with van der Waals surface area (Å²) in [6.45, 7) is 12.3. The Morgan fingerprint density at radius 1 is 1.00 bits per heavy atom. The van der Waals surface area contributed by atoms with Gasteiger partial charge in [-0.15, -0.1) is 0 Å². The van der Waals surface area contributed by atoms with Crippen molar-refractivity contribution in [2.75, 3.05) is 19.6 Å². The topological polar surface area (TPSA) is 78.5 Å². The Morgan fingerprint density at radius 3 is 2.07 bits per heavy atom. The van der Waals surface area contributed by atoms with Crippen LogP contribution in [0.25, 0.3) is 0 Å². The monoisotopic (exact) mass is 395 g/mol. The maximum atomic E-state index is 12.5. The van der Waals surface area contributed by atoms with E-state index in [-0.39, 0.29) is 16.3 Å². The highest BCUT2D eigenvalue weighted by atomic mass is 32.2. The minimum Gasteiger partial charge on any atom is -0.350 e. The number of carbonyl (C=O) groups is 1. The van der Waals surface area contributed by atoms with Crippen molar-refractivity contribution in [2.45, 2.75) is 69.9 Å². The van der Waals surface area contributed by atoms with Crippen molar-refractivity contribution in [3.05, 3.63) is 29.8 Å². The highest BCUT2D eigenvalue weighted by Gasteiger charge is 2.28. The standard InChI is InChI=1S/C20H33N3O3S/c1-19(2,3)22-27(25,26)17-11-9-16(10-12-17)18(24)21-15-20(4,5)23-13-7-6-8-14-23/h9-12,22H,6-8,13-15H2,1-5H3,(H,21,24). The van der Waals surface area contributed by atoms with Crippen LogP contribution in [0.3, 0.4) is 0 Å². The summed E-state index contributed by atoms with van der Waals surface area (Å²) in [5.74, 6) is -0.187. The first kappa shape index (κ1) is 21.9. The molecule has 1 aliphatic rings. The van der Waals surface area contributed by atoms with E-state index in [1.165, 1.54) is 31.4 Å². The maximum Gasteiger partial charge on any atom is 0.251 e. The van der Waals surface area contributed by atoms with Gasteiger partial charge in [-0.05, 0) is 84.8 Å². The number of nitrogens with zero attached hydrogens (tertiary/aromatic N) is 1. The number of rotatable bonds is 6. The lowest BCUT2D eigenvalue weighted by Crippen LogP contribution is -2.53. The lowest BCUT2D eigenvalue weighted by Gasteiger charge is -2.41. The van der Waals surface area contributed by atoms with Crippen LogP contribution < -0.4 is 10.0 Å². The van der Waals surface area contributed by atoms with E-state index in [1.807, 2.05) is 0 Å². The summed E-state index contributed by atoms with van der Waals surface area (Å²) >= 11 is 0. The minimum absolute atomic E-state index is 0.101. The highest BCUT2D eigenvalue weighted by Crippen LogP contribution is 2.20. The van der Waals surface area contributed by atoms with Crippen molar-refractivity contribution in [3.63, 3.8) is 0 Å². The maximum absolute atomic E-state index is 12.5. The van der Waals surface area contributed by atoms with Gasteiger partial charge in [-0.1, -0.05) is 6.42 Å². The normalized spacial score (nSPS) is 16.9. The number of piperidine rings is 1. The van der Waals surface area contributed by atoms with Gasteiger partial charge in [0.1, 0.15) is 0 Å². The summed E-state index contributed by atoms with van der Waals surface area (Å²) in [6, 6.07) is 6.05. The van der Waals surface area contributed by atoms with Crippen molar-refractivity contribution < 1.29 is 13.2 Å². The molecule has 1 aromatic rings. The zero-order valence-electron chi connectivity index (χ0n) is 17.1. The van der Waals surface area contributed by atoms with E-state index in [0.717, 1.165) is 13.1 Å². The zero-order valence-corrected chi connectivity index (χ0v) is 17.9. The molecule has 0 aliphatic carbocycles. The van der Waals surface area contributed by atoms with Gasteiger partial charge in [0.15, 0.2) is 0 Å². The second-order valence-electron chi connectivity index (χ2n) is 8.92. The van der Waals surface area contributed by atoms with Gasteiger partial charge in [0.25, 0.3) is 5.91 Å². The molecule has 1 heterocycles. The van der Waals surface area contributed by atoms with Gasteiger partial charge in [-0.3, -0.25) is 9.69 Å². The van der Waals surface area contributed by atoms with Crippen LogP contribution in [0.5, 0.6) is 0 Å². The number of hydrogen-bond acceptors (Lipinski definition) is 4. The second-order valence-corrected chi connectivity index (χ2v) is 10.6. The molecule has 0 unspecified atom stereocenters. The summed E-state index contributed by atoms with van der Waals surface area (Å²) in [5.41, 5.74) is -0.204. The lowest BCUT2D eigenvalue weighted by atomic mass is 9.98. The molecule has 1 amide bonds. The molecule has 0 atom stereocenters. The number of hydrogen-bond donors (Lipinski definition) is 2. The molecule has 0 bridgehead atoms. The first-order valence-electron chi connectivity index (χ1n) is 9.58. The van der Waals surface area contributed by atoms with E-state index in [0.29, 0.717) is 12.1 Å². The summed E-state index contributed by atoms with van der Waals surface area (Å²) in [6.07, 6.45) is 3.68. The van der Waals surface area contributed by atoms with E-state index in [9.17, 15) is 13.2 Å². The molecular weight excluding hydrogens is 362 g/mol. The fourth-order valence-electron chi connectivity index (χ4n) is 3.26. The van der Waals surface area contributed by atoms with Crippen LogP contribution in [-0.4, -0.2) is 49.9 Å². The average molecular weight is 396 g/mol. The third kappa shape index (κ3) is 6.30. The molecule has 152 valence electrons. The van der Waals surface area contributed by atoms with Crippen molar-refractivity contribution in [3.8, 4) is 0 Å². The summed E-state index contributed by atoms with van der Waals surface area (Å²) in [7, 11) is -3.60. The molecule has 0 aromatic heterocycles. The van der Waals surface area contributed by atoms with Crippen LogP contribution in [0.1, 0.15) is 64.2 Å². The SMILES string of the molecule is CC(C)(C)NS(=O)(=O)c1ccc(C(=O)NCC(C)(C)N2CCCCC2)cc1. The van der Waals surface area contributed by atoms with Crippen molar-refractivity contribution in [1.82, 2.24) is 14.9 Å². The van der Waals surface area contributed by atoms with Gasteiger partial charge >= 0.3 is 0 Å². The smallest absolute Gasteiger partial charge is 0.251 e. The molecule has 1 aromatic carbocycles. The Morgan fingerprint density at radius 2 is 1.56 bits per heavy atom. The summed E-state index contributed by atoms with van der Waals surface area (Å²) in [5, 5.41) is 2.99. The fraction of sp³-hybridized carbons (Fsp3) is 0.650. The molecule has 1 aliphatic heterocycles. The molecule has 7 heteroatoms. The molecule has 2 rings (SSSR count). The summed E-state index contributed by atoms with van der Waals surface area (Å²) in [4.78, 5) is 15.0.